The number of rotatable bonds is 4. The molecule has 0 aliphatic heterocycles. The van der Waals surface area contributed by atoms with E-state index in [2.05, 4.69) is 26.5 Å². The highest BCUT2D eigenvalue weighted by atomic mass is 35.5. The van der Waals surface area contributed by atoms with Crippen LogP contribution in [0.5, 0.6) is 0 Å². The maximum atomic E-state index is 9.50. The van der Waals surface area contributed by atoms with E-state index in [1.54, 1.807) is 17.6 Å². The fourth-order valence-corrected chi connectivity index (χ4v) is 3.33. The largest absolute Gasteiger partial charge is 0.368 e. The molecule has 0 fully saturated rings. The van der Waals surface area contributed by atoms with Gasteiger partial charge in [0.05, 0.1) is 23.6 Å². The number of nitrogens with two attached hydrogens (primary N) is 1. The SMILES string of the molecule is Cc1nc(N)nc(N[C@@H](C)c2cn3ncc(Cl)c3nc2-c2ccccc2)c1C#N. The third-order valence-electron chi connectivity index (χ3n) is 4.56. The third-order valence-corrected chi connectivity index (χ3v) is 4.83. The van der Waals surface area contributed by atoms with Gasteiger partial charge in [-0.2, -0.15) is 15.3 Å². The van der Waals surface area contributed by atoms with Crippen molar-refractivity contribution in [2.45, 2.75) is 19.9 Å². The number of aromatic nitrogens is 5. The Balaban J connectivity index is 1.84. The molecule has 3 N–H and O–H groups in total. The number of nitrogens with zero attached hydrogens (tertiary/aromatic N) is 6. The van der Waals surface area contributed by atoms with Crippen LogP contribution in [-0.2, 0) is 0 Å². The van der Waals surface area contributed by atoms with Crippen LogP contribution in [0.1, 0.15) is 29.8 Å². The van der Waals surface area contributed by atoms with Crippen molar-refractivity contribution < 1.29 is 0 Å². The summed E-state index contributed by atoms with van der Waals surface area (Å²) >= 11 is 6.24. The van der Waals surface area contributed by atoms with E-state index < -0.39 is 0 Å². The monoisotopic (exact) mass is 404 g/mol. The van der Waals surface area contributed by atoms with Crippen molar-refractivity contribution in [1.29, 1.82) is 5.26 Å². The standard InChI is InChI=1S/C20H17ClN8/c1-11-14(8-22)18(28-20(23)26-11)25-12(2)15-10-29-19(16(21)9-24-29)27-17(15)13-6-4-3-5-7-13/h3-7,9-10,12H,1-2H3,(H3,23,25,26,28)/t12-/m0/s1. The summed E-state index contributed by atoms with van der Waals surface area (Å²) in [5, 5.41) is 17.5. The fraction of sp³-hybridized carbons (Fsp3) is 0.150. The second-order valence-corrected chi connectivity index (χ2v) is 6.95. The lowest BCUT2D eigenvalue weighted by molar-refractivity contribution is 0.829. The molecule has 0 saturated carbocycles. The van der Waals surface area contributed by atoms with Crippen LogP contribution in [0.2, 0.25) is 5.02 Å². The molecule has 3 aromatic heterocycles. The number of nitrogen functional groups attached to an aromatic ring is 1. The molecule has 0 aliphatic carbocycles. The zero-order chi connectivity index (χ0) is 20.5. The predicted octanol–water partition coefficient (Wildman–Crippen LogP) is 3.78. The number of fused-ring (bicyclic) bond motifs is 1. The molecular weight excluding hydrogens is 388 g/mol. The van der Waals surface area contributed by atoms with E-state index in [0.717, 1.165) is 16.8 Å². The molecule has 0 aliphatic rings. The van der Waals surface area contributed by atoms with E-state index in [-0.39, 0.29) is 12.0 Å². The molecule has 4 rings (SSSR count). The number of nitrogens with one attached hydrogen (secondary N) is 1. The summed E-state index contributed by atoms with van der Waals surface area (Å²) in [4.78, 5) is 13.0. The lowest BCUT2D eigenvalue weighted by Gasteiger charge is -2.19. The van der Waals surface area contributed by atoms with Crippen LogP contribution in [0.25, 0.3) is 16.9 Å². The van der Waals surface area contributed by atoms with Crippen LogP contribution in [-0.4, -0.2) is 24.6 Å². The van der Waals surface area contributed by atoms with E-state index in [4.69, 9.17) is 22.3 Å². The first-order valence-electron chi connectivity index (χ1n) is 8.88. The van der Waals surface area contributed by atoms with Gasteiger partial charge in [0.15, 0.2) is 5.65 Å². The molecule has 29 heavy (non-hydrogen) atoms. The van der Waals surface area contributed by atoms with E-state index in [9.17, 15) is 5.26 Å². The Hall–Kier alpha value is -3.70. The van der Waals surface area contributed by atoms with Gasteiger partial charge in [0.25, 0.3) is 0 Å². The van der Waals surface area contributed by atoms with E-state index >= 15 is 0 Å². The van der Waals surface area contributed by atoms with Gasteiger partial charge in [-0.15, -0.1) is 0 Å². The number of benzene rings is 1. The maximum Gasteiger partial charge on any atom is 0.222 e. The second-order valence-electron chi connectivity index (χ2n) is 6.54. The number of hydrogen-bond acceptors (Lipinski definition) is 7. The van der Waals surface area contributed by atoms with Gasteiger partial charge in [-0.05, 0) is 13.8 Å². The Labute approximate surface area is 172 Å². The second kappa shape index (κ2) is 7.37. The molecule has 0 saturated heterocycles. The van der Waals surface area contributed by atoms with Crippen LogP contribution in [0.15, 0.2) is 42.7 Å². The normalized spacial score (nSPS) is 11.9. The van der Waals surface area contributed by atoms with Crippen molar-refractivity contribution in [3.05, 3.63) is 64.6 Å². The Kier molecular flexibility index (Phi) is 4.74. The molecule has 0 amide bonds. The lowest BCUT2D eigenvalue weighted by atomic mass is 10.0. The van der Waals surface area contributed by atoms with Crippen molar-refractivity contribution in [2.24, 2.45) is 0 Å². The molecule has 0 bridgehead atoms. The molecular formula is C20H17ClN8. The summed E-state index contributed by atoms with van der Waals surface area (Å²) < 4.78 is 1.63. The van der Waals surface area contributed by atoms with Gasteiger partial charge in [-0.25, -0.2) is 14.5 Å². The number of aryl methyl sites for hydroxylation is 1. The number of hydrogen-bond donors (Lipinski definition) is 2. The van der Waals surface area contributed by atoms with E-state index in [0.29, 0.717) is 27.7 Å². The number of anilines is 2. The molecule has 0 radical (unpaired) electrons. The van der Waals surface area contributed by atoms with Gasteiger partial charge in [0, 0.05) is 17.3 Å². The van der Waals surface area contributed by atoms with Crippen LogP contribution >= 0.6 is 11.6 Å². The molecule has 0 unspecified atom stereocenters. The highest BCUT2D eigenvalue weighted by Gasteiger charge is 2.20. The average Bonchev–Trinajstić information content (AvgIpc) is 3.07. The average molecular weight is 405 g/mol. The fourth-order valence-electron chi connectivity index (χ4n) is 3.16. The molecule has 3 heterocycles. The Morgan fingerprint density at radius 2 is 1.97 bits per heavy atom. The van der Waals surface area contributed by atoms with Gasteiger partial charge in [-0.1, -0.05) is 41.9 Å². The van der Waals surface area contributed by atoms with Crippen molar-refractivity contribution >= 4 is 29.0 Å². The first-order chi connectivity index (χ1) is 14.0. The molecule has 1 atom stereocenters. The molecule has 144 valence electrons. The van der Waals surface area contributed by atoms with Crippen LogP contribution in [0.3, 0.4) is 0 Å². The third kappa shape index (κ3) is 3.44. The zero-order valence-electron chi connectivity index (χ0n) is 15.8. The summed E-state index contributed by atoms with van der Waals surface area (Å²) in [7, 11) is 0. The van der Waals surface area contributed by atoms with E-state index in [1.165, 1.54) is 0 Å². The van der Waals surface area contributed by atoms with Crippen molar-refractivity contribution in [2.75, 3.05) is 11.1 Å². The van der Waals surface area contributed by atoms with Gasteiger partial charge in [0.1, 0.15) is 22.5 Å². The topological polar surface area (TPSA) is 118 Å². The van der Waals surface area contributed by atoms with Gasteiger partial charge < -0.3 is 11.1 Å². The lowest BCUT2D eigenvalue weighted by Crippen LogP contribution is -2.14. The van der Waals surface area contributed by atoms with Crippen LogP contribution in [0.4, 0.5) is 11.8 Å². The number of halogens is 1. The van der Waals surface area contributed by atoms with Gasteiger partial charge in [-0.3, -0.25) is 0 Å². The summed E-state index contributed by atoms with van der Waals surface area (Å²) in [6.45, 7) is 3.68. The smallest absolute Gasteiger partial charge is 0.222 e. The van der Waals surface area contributed by atoms with E-state index in [1.807, 2.05) is 43.5 Å². The quantitative estimate of drug-likeness (QED) is 0.531. The highest BCUT2D eigenvalue weighted by Crippen LogP contribution is 2.31. The van der Waals surface area contributed by atoms with Crippen LogP contribution < -0.4 is 11.1 Å². The zero-order valence-corrected chi connectivity index (χ0v) is 16.5. The number of nitriles is 1. The minimum Gasteiger partial charge on any atom is -0.368 e. The summed E-state index contributed by atoms with van der Waals surface area (Å²) in [5.41, 5.74) is 9.79. The molecule has 9 heteroatoms. The Morgan fingerprint density at radius 1 is 1.21 bits per heavy atom. The molecule has 1 aromatic carbocycles. The minimum atomic E-state index is -0.258. The molecule has 4 aromatic rings. The highest BCUT2D eigenvalue weighted by molar-refractivity contribution is 6.33. The van der Waals surface area contributed by atoms with Crippen LogP contribution in [0, 0.1) is 18.3 Å². The van der Waals surface area contributed by atoms with Gasteiger partial charge >= 0.3 is 0 Å². The molecule has 0 spiro atoms. The summed E-state index contributed by atoms with van der Waals surface area (Å²) in [6, 6.07) is 11.7. The van der Waals surface area contributed by atoms with Crippen molar-refractivity contribution in [3.8, 4) is 17.3 Å². The van der Waals surface area contributed by atoms with Crippen molar-refractivity contribution in [1.82, 2.24) is 24.6 Å². The molecule has 8 nitrogen and oxygen atoms in total. The predicted molar refractivity (Wildman–Crippen MR) is 111 cm³/mol. The minimum absolute atomic E-state index is 0.104. The summed E-state index contributed by atoms with van der Waals surface area (Å²) in [5.74, 6) is 0.481. The first-order valence-corrected chi connectivity index (χ1v) is 9.25. The Morgan fingerprint density at radius 3 is 2.69 bits per heavy atom. The Bertz CT molecular complexity index is 1240. The maximum absolute atomic E-state index is 9.50. The van der Waals surface area contributed by atoms with Gasteiger partial charge in [0.2, 0.25) is 5.95 Å². The summed E-state index contributed by atoms with van der Waals surface area (Å²) in [6.07, 6.45) is 3.43. The van der Waals surface area contributed by atoms with Crippen molar-refractivity contribution in [3.63, 3.8) is 0 Å². The first kappa shape index (κ1) is 18.7.